The second kappa shape index (κ2) is 8.26. The number of esters is 1. The number of imide groups is 1. The molecule has 0 fully saturated rings. The molecule has 0 aliphatic carbocycles. The number of amides is 3. The predicted octanol–water partition coefficient (Wildman–Crippen LogP) is 2.54. The number of rotatable bonds is 5. The standard InChI is InChI=1S/C22H22N2O5/c1-13(20(29-15(3)26)21(27)23-14(2)25)16-8-10-18(11-9-16)24-12-17-6-4-5-7-19(17)22(24)28/h4-11,13,20H,12H2,1-3H3,(H,23,25,27). The van der Waals surface area contributed by atoms with Crippen LogP contribution in [0.3, 0.4) is 0 Å². The molecule has 0 saturated heterocycles. The molecule has 3 amide bonds. The molecule has 0 spiro atoms. The van der Waals surface area contributed by atoms with E-state index in [1.165, 1.54) is 13.8 Å². The van der Waals surface area contributed by atoms with Crippen LogP contribution in [-0.4, -0.2) is 29.8 Å². The largest absolute Gasteiger partial charge is 0.452 e. The molecule has 3 rings (SSSR count). The molecule has 2 aromatic rings. The van der Waals surface area contributed by atoms with E-state index in [1.54, 1.807) is 36.1 Å². The summed E-state index contributed by atoms with van der Waals surface area (Å²) in [7, 11) is 0. The van der Waals surface area contributed by atoms with Gasteiger partial charge in [-0.3, -0.25) is 24.5 Å². The van der Waals surface area contributed by atoms with Crippen molar-refractivity contribution in [1.82, 2.24) is 5.32 Å². The zero-order valence-corrected chi connectivity index (χ0v) is 16.5. The summed E-state index contributed by atoms with van der Waals surface area (Å²) in [5.74, 6) is -2.35. The molecule has 1 N–H and O–H groups in total. The van der Waals surface area contributed by atoms with Crippen LogP contribution in [0.5, 0.6) is 0 Å². The monoisotopic (exact) mass is 394 g/mol. The number of anilines is 1. The SMILES string of the molecule is CC(=O)NC(=O)C(OC(C)=O)C(C)c1ccc(N2Cc3ccccc3C2=O)cc1. The highest BCUT2D eigenvalue weighted by Gasteiger charge is 2.31. The van der Waals surface area contributed by atoms with Gasteiger partial charge in [-0.1, -0.05) is 37.3 Å². The zero-order chi connectivity index (χ0) is 21.1. The van der Waals surface area contributed by atoms with Crippen molar-refractivity contribution in [3.05, 3.63) is 65.2 Å². The van der Waals surface area contributed by atoms with E-state index in [0.717, 1.165) is 16.8 Å². The summed E-state index contributed by atoms with van der Waals surface area (Å²) < 4.78 is 5.15. The van der Waals surface area contributed by atoms with Crippen molar-refractivity contribution in [2.45, 2.75) is 39.3 Å². The van der Waals surface area contributed by atoms with Gasteiger partial charge in [-0.25, -0.2) is 0 Å². The Morgan fingerprint density at radius 1 is 1.03 bits per heavy atom. The summed E-state index contributed by atoms with van der Waals surface area (Å²) in [6.07, 6.45) is -1.14. The first-order chi connectivity index (χ1) is 13.8. The molecule has 0 bridgehead atoms. The molecule has 2 atom stereocenters. The minimum atomic E-state index is -1.14. The van der Waals surface area contributed by atoms with E-state index in [2.05, 4.69) is 5.32 Å². The van der Waals surface area contributed by atoms with Crippen molar-refractivity contribution in [3.8, 4) is 0 Å². The van der Waals surface area contributed by atoms with Gasteiger partial charge in [0, 0.05) is 31.0 Å². The molecule has 0 radical (unpaired) electrons. The molecule has 150 valence electrons. The minimum absolute atomic E-state index is 0.0555. The summed E-state index contributed by atoms with van der Waals surface area (Å²) in [5, 5.41) is 2.16. The zero-order valence-electron chi connectivity index (χ0n) is 16.5. The number of hydrogen-bond donors (Lipinski definition) is 1. The number of nitrogens with zero attached hydrogens (tertiary/aromatic N) is 1. The maximum absolute atomic E-state index is 12.6. The first-order valence-electron chi connectivity index (χ1n) is 9.26. The third kappa shape index (κ3) is 4.34. The van der Waals surface area contributed by atoms with Crippen molar-refractivity contribution < 1.29 is 23.9 Å². The third-order valence-electron chi connectivity index (χ3n) is 4.86. The molecular formula is C22H22N2O5. The average molecular weight is 394 g/mol. The van der Waals surface area contributed by atoms with Gasteiger partial charge in [0.25, 0.3) is 11.8 Å². The Hall–Kier alpha value is -3.48. The van der Waals surface area contributed by atoms with E-state index >= 15 is 0 Å². The molecule has 1 aliphatic heterocycles. The fourth-order valence-electron chi connectivity index (χ4n) is 3.40. The van der Waals surface area contributed by atoms with E-state index in [4.69, 9.17) is 4.74 Å². The van der Waals surface area contributed by atoms with Crippen LogP contribution in [0.4, 0.5) is 5.69 Å². The van der Waals surface area contributed by atoms with Crippen molar-refractivity contribution in [1.29, 1.82) is 0 Å². The highest BCUT2D eigenvalue weighted by atomic mass is 16.5. The van der Waals surface area contributed by atoms with Crippen molar-refractivity contribution in [2.75, 3.05) is 4.90 Å². The maximum Gasteiger partial charge on any atom is 0.303 e. The number of benzene rings is 2. The molecule has 0 aromatic heterocycles. The fraction of sp³-hybridized carbons (Fsp3) is 0.273. The number of nitrogens with one attached hydrogen (secondary N) is 1. The first kappa shape index (κ1) is 20.3. The van der Waals surface area contributed by atoms with Crippen LogP contribution in [0.25, 0.3) is 0 Å². The smallest absolute Gasteiger partial charge is 0.303 e. The second-order valence-corrected chi connectivity index (χ2v) is 7.00. The number of carbonyl (C=O) groups is 4. The van der Waals surface area contributed by atoms with Crippen LogP contribution in [0.2, 0.25) is 0 Å². The molecule has 7 nitrogen and oxygen atoms in total. The van der Waals surface area contributed by atoms with E-state index in [9.17, 15) is 19.2 Å². The van der Waals surface area contributed by atoms with Crippen molar-refractivity contribution >= 4 is 29.4 Å². The molecule has 2 unspecified atom stereocenters. The fourth-order valence-corrected chi connectivity index (χ4v) is 3.40. The van der Waals surface area contributed by atoms with Gasteiger partial charge in [0.15, 0.2) is 6.10 Å². The molecule has 29 heavy (non-hydrogen) atoms. The molecule has 1 heterocycles. The minimum Gasteiger partial charge on any atom is -0.452 e. The molecular weight excluding hydrogens is 372 g/mol. The quantitative estimate of drug-likeness (QED) is 0.787. The Balaban J connectivity index is 1.79. The topological polar surface area (TPSA) is 92.8 Å². The molecule has 1 aliphatic rings. The number of fused-ring (bicyclic) bond motifs is 1. The Morgan fingerprint density at radius 2 is 1.69 bits per heavy atom. The normalized spacial score (nSPS) is 14.7. The predicted molar refractivity (Wildman–Crippen MR) is 106 cm³/mol. The molecule has 7 heteroatoms. The lowest BCUT2D eigenvalue weighted by molar-refractivity contribution is -0.156. The maximum atomic E-state index is 12.6. The van der Waals surface area contributed by atoms with Gasteiger partial charge < -0.3 is 9.64 Å². The Morgan fingerprint density at radius 3 is 2.28 bits per heavy atom. The van der Waals surface area contributed by atoms with Crippen LogP contribution in [0.15, 0.2) is 48.5 Å². The molecule has 0 saturated carbocycles. The number of carbonyl (C=O) groups excluding carboxylic acids is 4. The van der Waals surface area contributed by atoms with Gasteiger partial charge >= 0.3 is 5.97 Å². The second-order valence-electron chi connectivity index (χ2n) is 7.00. The van der Waals surface area contributed by atoms with Gasteiger partial charge in [0.2, 0.25) is 5.91 Å². The van der Waals surface area contributed by atoms with E-state index in [1.807, 2.05) is 24.3 Å². The lowest BCUT2D eigenvalue weighted by Gasteiger charge is -2.23. The summed E-state index contributed by atoms with van der Waals surface area (Å²) in [5.41, 5.74) is 3.15. The Bertz CT molecular complexity index is 967. The van der Waals surface area contributed by atoms with Gasteiger partial charge in [-0.15, -0.1) is 0 Å². The van der Waals surface area contributed by atoms with Gasteiger partial charge in [-0.05, 0) is 29.3 Å². The lowest BCUT2D eigenvalue weighted by Crippen LogP contribution is -2.42. The van der Waals surface area contributed by atoms with E-state index in [0.29, 0.717) is 12.1 Å². The van der Waals surface area contributed by atoms with Gasteiger partial charge in [-0.2, -0.15) is 0 Å². The number of hydrogen-bond acceptors (Lipinski definition) is 5. The van der Waals surface area contributed by atoms with Crippen molar-refractivity contribution in [2.24, 2.45) is 0 Å². The average Bonchev–Trinajstić information content (AvgIpc) is 3.02. The lowest BCUT2D eigenvalue weighted by atomic mass is 9.94. The van der Waals surface area contributed by atoms with Crippen LogP contribution in [0, 0.1) is 0 Å². The van der Waals surface area contributed by atoms with Crippen LogP contribution in [0.1, 0.15) is 48.2 Å². The van der Waals surface area contributed by atoms with Crippen LogP contribution in [-0.2, 0) is 25.7 Å². The summed E-state index contributed by atoms with van der Waals surface area (Å²) >= 11 is 0. The van der Waals surface area contributed by atoms with Crippen LogP contribution >= 0.6 is 0 Å². The van der Waals surface area contributed by atoms with Gasteiger partial charge in [0.05, 0.1) is 6.54 Å². The molecule has 2 aromatic carbocycles. The van der Waals surface area contributed by atoms with E-state index < -0.39 is 29.8 Å². The summed E-state index contributed by atoms with van der Waals surface area (Å²) in [6.45, 7) is 4.66. The summed E-state index contributed by atoms with van der Waals surface area (Å²) in [6, 6.07) is 14.6. The highest BCUT2D eigenvalue weighted by Crippen LogP contribution is 2.30. The van der Waals surface area contributed by atoms with Crippen molar-refractivity contribution in [3.63, 3.8) is 0 Å². The van der Waals surface area contributed by atoms with E-state index in [-0.39, 0.29) is 5.91 Å². The third-order valence-corrected chi connectivity index (χ3v) is 4.86. The summed E-state index contributed by atoms with van der Waals surface area (Å²) in [4.78, 5) is 49.2. The first-order valence-corrected chi connectivity index (χ1v) is 9.26. The Kier molecular flexibility index (Phi) is 5.77. The number of ether oxygens (including phenoxy) is 1. The highest BCUT2D eigenvalue weighted by molar-refractivity contribution is 6.10. The van der Waals surface area contributed by atoms with Crippen LogP contribution < -0.4 is 10.2 Å². The Labute approximate surface area is 168 Å². The van der Waals surface area contributed by atoms with Gasteiger partial charge in [0.1, 0.15) is 0 Å².